The molecule has 0 radical (unpaired) electrons. The lowest BCUT2D eigenvalue weighted by Gasteiger charge is -2.37. The third-order valence-corrected chi connectivity index (χ3v) is 4.30. The number of amides is 2. The Kier molecular flexibility index (Phi) is 5.58. The lowest BCUT2D eigenvalue weighted by atomic mass is 9.94. The molecular weight excluding hydrogens is 272 g/mol. The van der Waals surface area contributed by atoms with E-state index in [2.05, 4.69) is 0 Å². The minimum absolute atomic E-state index is 0.00125. The predicted octanol–water partition coefficient (Wildman–Crippen LogP) is 0.101. The van der Waals surface area contributed by atoms with Crippen molar-refractivity contribution in [3.63, 3.8) is 0 Å². The largest absolute Gasteiger partial charge is 0.394 e. The molecule has 0 aromatic carbocycles. The molecule has 1 atom stereocenters. The van der Waals surface area contributed by atoms with Gasteiger partial charge in [0.1, 0.15) is 0 Å². The number of hydrogen-bond donors (Lipinski definition) is 1. The maximum atomic E-state index is 12.5. The molecule has 2 aliphatic heterocycles. The average molecular weight is 298 g/mol. The highest BCUT2D eigenvalue weighted by molar-refractivity contribution is 5.81. The van der Waals surface area contributed by atoms with Crippen LogP contribution in [0.5, 0.6) is 0 Å². The summed E-state index contributed by atoms with van der Waals surface area (Å²) < 4.78 is 5.37. The maximum Gasteiger partial charge on any atom is 0.225 e. The molecule has 1 unspecified atom stereocenters. The highest BCUT2D eigenvalue weighted by atomic mass is 16.5. The van der Waals surface area contributed by atoms with Gasteiger partial charge in [-0.2, -0.15) is 0 Å². The van der Waals surface area contributed by atoms with Crippen molar-refractivity contribution in [3.8, 4) is 0 Å². The third-order valence-electron chi connectivity index (χ3n) is 4.30. The summed E-state index contributed by atoms with van der Waals surface area (Å²) in [4.78, 5) is 28.1. The second-order valence-electron chi connectivity index (χ2n) is 6.21. The number of rotatable bonds is 3. The number of carbonyl (C=O) groups excluding carboxylic acids is 2. The molecule has 6 nitrogen and oxygen atoms in total. The summed E-state index contributed by atoms with van der Waals surface area (Å²) in [5.41, 5.74) is 0. The molecule has 0 spiro atoms. The van der Waals surface area contributed by atoms with Gasteiger partial charge in [0.05, 0.1) is 19.3 Å². The molecule has 6 heteroatoms. The van der Waals surface area contributed by atoms with Crippen molar-refractivity contribution in [2.75, 3.05) is 39.4 Å². The van der Waals surface area contributed by atoms with Gasteiger partial charge in [-0.3, -0.25) is 9.59 Å². The van der Waals surface area contributed by atoms with Crippen LogP contribution in [0.25, 0.3) is 0 Å². The number of nitrogens with zero attached hydrogens (tertiary/aromatic N) is 2. The number of piperidine rings is 1. The van der Waals surface area contributed by atoms with Crippen LogP contribution in [0.15, 0.2) is 0 Å². The Labute approximate surface area is 126 Å². The second kappa shape index (κ2) is 7.22. The molecule has 2 fully saturated rings. The van der Waals surface area contributed by atoms with Crippen LogP contribution in [0.1, 0.15) is 26.7 Å². The molecule has 2 saturated heterocycles. The van der Waals surface area contributed by atoms with E-state index in [4.69, 9.17) is 9.84 Å². The number of ether oxygens (including phenoxy) is 1. The molecule has 120 valence electrons. The number of hydrogen-bond acceptors (Lipinski definition) is 4. The summed E-state index contributed by atoms with van der Waals surface area (Å²) in [6, 6.07) is 0. The van der Waals surface area contributed by atoms with Gasteiger partial charge >= 0.3 is 0 Å². The third kappa shape index (κ3) is 3.95. The van der Waals surface area contributed by atoms with Gasteiger partial charge in [-0.05, 0) is 12.8 Å². The van der Waals surface area contributed by atoms with Gasteiger partial charge in [0.25, 0.3) is 0 Å². The standard InChI is InChI=1S/C15H26N2O4/c1-11(2)14(19)16-5-3-12(4-6-16)15(20)17-7-8-21-13(9-17)10-18/h11-13,18H,3-10H2,1-2H3. The predicted molar refractivity (Wildman–Crippen MR) is 77.5 cm³/mol. The van der Waals surface area contributed by atoms with Crippen LogP contribution in [-0.4, -0.2) is 72.2 Å². The fourth-order valence-electron chi connectivity index (χ4n) is 3.00. The average Bonchev–Trinajstić information content (AvgIpc) is 2.53. The molecule has 0 aliphatic carbocycles. The van der Waals surface area contributed by atoms with Gasteiger partial charge in [0, 0.05) is 38.0 Å². The molecule has 21 heavy (non-hydrogen) atoms. The van der Waals surface area contributed by atoms with Crippen molar-refractivity contribution in [2.45, 2.75) is 32.8 Å². The van der Waals surface area contributed by atoms with Gasteiger partial charge in [0.15, 0.2) is 0 Å². The highest BCUT2D eigenvalue weighted by Crippen LogP contribution is 2.22. The van der Waals surface area contributed by atoms with Crippen LogP contribution in [-0.2, 0) is 14.3 Å². The minimum Gasteiger partial charge on any atom is -0.394 e. The molecule has 2 rings (SSSR count). The van der Waals surface area contributed by atoms with Crippen LogP contribution in [0.2, 0.25) is 0 Å². The Hall–Kier alpha value is -1.14. The monoisotopic (exact) mass is 298 g/mol. The van der Waals surface area contributed by atoms with Gasteiger partial charge in [-0.15, -0.1) is 0 Å². The first-order chi connectivity index (χ1) is 10.0. The number of carbonyl (C=O) groups is 2. The van der Waals surface area contributed by atoms with Gasteiger partial charge in [-0.1, -0.05) is 13.8 Å². The van der Waals surface area contributed by atoms with Crippen LogP contribution in [0, 0.1) is 11.8 Å². The van der Waals surface area contributed by atoms with E-state index in [0.717, 1.165) is 12.8 Å². The van der Waals surface area contributed by atoms with E-state index in [-0.39, 0.29) is 36.4 Å². The topological polar surface area (TPSA) is 70.1 Å². The van der Waals surface area contributed by atoms with E-state index in [0.29, 0.717) is 32.8 Å². The Morgan fingerprint density at radius 1 is 1.19 bits per heavy atom. The van der Waals surface area contributed by atoms with Crippen molar-refractivity contribution in [2.24, 2.45) is 11.8 Å². The molecular formula is C15H26N2O4. The van der Waals surface area contributed by atoms with Crippen LogP contribution in [0.4, 0.5) is 0 Å². The van der Waals surface area contributed by atoms with Crippen LogP contribution < -0.4 is 0 Å². The second-order valence-corrected chi connectivity index (χ2v) is 6.21. The number of aliphatic hydroxyl groups excluding tert-OH is 1. The molecule has 2 heterocycles. The van der Waals surface area contributed by atoms with Crippen molar-refractivity contribution >= 4 is 11.8 Å². The normalized spacial score (nSPS) is 24.5. The first-order valence-corrected chi connectivity index (χ1v) is 7.83. The van der Waals surface area contributed by atoms with Gasteiger partial charge < -0.3 is 19.6 Å². The van der Waals surface area contributed by atoms with Gasteiger partial charge in [-0.25, -0.2) is 0 Å². The zero-order chi connectivity index (χ0) is 15.4. The zero-order valence-electron chi connectivity index (χ0n) is 13.0. The summed E-state index contributed by atoms with van der Waals surface area (Å²) in [5.74, 6) is 0.335. The smallest absolute Gasteiger partial charge is 0.225 e. The lowest BCUT2D eigenvalue weighted by molar-refractivity contribution is -0.148. The van der Waals surface area contributed by atoms with Crippen molar-refractivity contribution < 1.29 is 19.4 Å². The first kappa shape index (κ1) is 16.2. The van der Waals surface area contributed by atoms with Crippen molar-refractivity contribution in [1.82, 2.24) is 9.80 Å². The summed E-state index contributed by atoms with van der Waals surface area (Å²) in [7, 11) is 0. The minimum atomic E-state index is -0.259. The highest BCUT2D eigenvalue weighted by Gasteiger charge is 2.32. The Balaban J connectivity index is 1.84. The Morgan fingerprint density at radius 3 is 2.43 bits per heavy atom. The van der Waals surface area contributed by atoms with Crippen molar-refractivity contribution in [3.05, 3.63) is 0 Å². The summed E-state index contributed by atoms with van der Waals surface area (Å²) in [6.45, 7) is 6.65. The Morgan fingerprint density at radius 2 is 1.86 bits per heavy atom. The fraction of sp³-hybridized carbons (Fsp3) is 0.867. The first-order valence-electron chi connectivity index (χ1n) is 7.83. The summed E-state index contributed by atoms with van der Waals surface area (Å²) in [6.07, 6.45) is 1.21. The quantitative estimate of drug-likeness (QED) is 0.802. The number of morpholine rings is 1. The van der Waals surface area contributed by atoms with Crippen LogP contribution in [0.3, 0.4) is 0 Å². The van der Waals surface area contributed by atoms with Crippen LogP contribution >= 0.6 is 0 Å². The zero-order valence-corrected chi connectivity index (χ0v) is 13.0. The van der Waals surface area contributed by atoms with E-state index < -0.39 is 0 Å². The number of likely N-dealkylation sites (tertiary alicyclic amines) is 1. The Bertz CT molecular complexity index is 378. The molecule has 0 aromatic heterocycles. The molecule has 2 aliphatic rings. The van der Waals surface area contributed by atoms with E-state index in [1.54, 1.807) is 4.90 Å². The maximum absolute atomic E-state index is 12.5. The van der Waals surface area contributed by atoms with E-state index in [1.807, 2.05) is 18.7 Å². The molecule has 2 amide bonds. The van der Waals surface area contributed by atoms with Crippen molar-refractivity contribution in [1.29, 1.82) is 0 Å². The molecule has 0 saturated carbocycles. The summed E-state index contributed by atoms with van der Waals surface area (Å²) in [5, 5.41) is 9.14. The SMILES string of the molecule is CC(C)C(=O)N1CCC(C(=O)N2CCOC(CO)C2)CC1. The molecule has 1 N–H and O–H groups in total. The molecule has 0 bridgehead atoms. The fourth-order valence-corrected chi connectivity index (χ4v) is 3.00. The summed E-state index contributed by atoms with van der Waals surface area (Å²) >= 11 is 0. The van der Waals surface area contributed by atoms with E-state index in [9.17, 15) is 9.59 Å². The lowest BCUT2D eigenvalue weighted by Crippen LogP contribution is -2.51. The van der Waals surface area contributed by atoms with E-state index >= 15 is 0 Å². The van der Waals surface area contributed by atoms with Gasteiger partial charge in [0.2, 0.25) is 11.8 Å². The number of aliphatic hydroxyl groups is 1. The van der Waals surface area contributed by atoms with E-state index in [1.165, 1.54) is 0 Å². The molecule has 0 aromatic rings.